The molecule has 0 aromatic heterocycles. The lowest BCUT2D eigenvalue weighted by Crippen LogP contribution is -2.97. The van der Waals surface area contributed by atoms with Crippen LogP contribution in [0.1, 0.15) is 11.1 Å². The smallest absolute Gasteiger partial charge is 0.319 e. The quantitative estimate of drug-likeness (QED) is 0.305. The Kier molecular flexibility index (Phi) is 10.1. The summed E-state index contributed by atoms with van der Waals surface area (Å²) in [5, 5.41) is 8.68. The molecule has 0 spiro atoms. The van der Waals surface area contributed by atoms with E-state index in [1.165, 1.54) is 0 Å². The van der Waals surface area contributed by atoms with Gasteiger partial charge in [-0.25, -0.2) is 4.79 Å². The summed E-state index contributed by atoms with van der Waals surface area (Å²) in [6.45, 7) is 0.988. The number of amides is 2. The molecule has 0 saturated heterocycles. The van der Waals surface area contributed by atoms with Gasteiger partial charge < -0.3 is 10.6 Å². The topological polar surface area (TPSA) is 74.3 Å². The zero-order valence-electron chi connectivity index (χ0n) is 15.7. The van der Waals surface area contributed by atoms with Gasteiger partial charge in [-0.05, 0) is 0 Å². The van der Waals surface area contributed by atoms with E-state index in [4.69, 9.17) is 69.6 Å². The van der Waals surface area contributed by atoms with E-state index in [9.17, 15) is 4.79 Å². The van der Waals surface area contributed by atoms with Crippen molar-refractivity contribution in [3.63, 3.8) is 0 Å². The van der Waals surface area contributed by atoms with E-state index in [-0.39, 0.29) is 0 Å². The second kappa shape index (κ2) is 11.8. The maximum Gasteiger partial charge on any atom is 0.324 e. The Balaban J connectivity index is 1.97. The molecule has 0 saturated carbocycles. The van der Waals surface area contributed by atoms with Gasteiger partial charge in [0, 0.05) is 11.1 Å². The fourth-order valence-electron chi connectivity index (χ4n) is 2.61. The van der Waals surface area contributed by atoms with Gasteiger partial charge in [0.05, 0.1) is 0 Å². The van der Waals surface area contributed by atoms with E-state index in [2.05, 4.69) is 10.6 Å². The number of quaternary nitrogens is 2. The summed E-state index contributed by atoms with van der Waals surface area (Å²) in [6, 6.07) is 18.5. The van der Waals surface area contributed by atoms with Gasteiger partial charge in [-0.2, -0.15) is 0 Å². The number of benzene rings is 2. The lowest BCUT2D eigenvalue weighted by Gasteiger charge is -2.27. The SMILES string of the molecule is O=C(N[C@@H]([NH2+]Cc1ccccc1)C(Cl)(Cl)Cl)N[C@@H]([NH2+]Cc1ccccc1)C(Cl)(Cl)Cl. The highest BCUT2D eigenvalue weighted by Gasteiger charge is 2.41. The molecule has 0 heterocycles. The Labute approximate surface area is 205 Å². The Morgan fingerprint density at radius 3 is 1.33 bits per heavy atom. The molecule has 0 bridgehead atoms. The number of hydrogen-bond acceptors (Lipinski definition) is 1. The first-order chi connectivity index (χ1) is 14.1. The predicted octanol–water partition coefficient (Wildman–Crippen LogP) is 3.21. The molecule has 0 fully saturated rings. The van der Waals surface area contributed by atoms with Crippen LogP contribution in [0.3, 0.4) is 0 Å². The van der Waals surface area contributed by atoms with Gasteiger partial charge in [-0.3, -0.25) is 10.6 Å². The molecule has 2 amide bonds. The second-order valence-corrected chi connectivity index (χ2v) is 11.2. The van der Waals surface area contributed by atoms with Crippen molar-refractivity contribution in [3.05, 3.63) is 71.8 Å². The monoisotopic (exact) mass is 532 g/mol. The van der Waals surface area contributed by atoms with E-state index in [0.717, 1.165) is 11.1 Å². The number of carbonyl (C=O) groups excluding carboxylic acids is 1. The third kappa shape index (κ3) is 9.25. The minimum atomic E-state index is -1.75. The van der Waals surface area contributed by atoms with Gasteiger partial charge in [0.2, 0.25) is 12.3 Å². The van der Waals surface area contributed by atoms with Crippen molar-refractivity contribution in [2.45, 2.75) is 33.0 Å². The fraction of sp³-hybridized carbons (Fsp3) is 0.316. The molecule has 0 aliphatic carbocycles. The lowest BCUT2D eigenvalue weighted by atomic mass is 10.2. The van der Waals surface area contributed by atoms with Gasteiger partial charge in [-0.1, -0.05) is 130 Å². The van der Waals surface area contributed by atoms with E-state index >= 15 is 0 Å². The lowest BCUT2D eigenvalue weighted by molar-refractivity contribution is -0.709. The van der Waals surface area contributed by atoms with Crippen LogP contribution in [0.4, 0.5) is 4.79 Å². The third-order valence-corrected chi connectivity index (χ3v) is 5.55. The van der Waals surface area contributed by atoms with Crippen LogP contribution in [0.5, 0.6) is 0 Å². The minimum absolute atomic E-state index is 0.494. The number of nitrogens with one attached hydrogen (secondary N) is 2. The van der Waals surface area contributed by atoms with E-state index in [1.54, 1.807) is 10.6 Å². The number of nitrogens with two attached hydrogens (primary N) is 2. The molecule has 2 atom stereocenters. The first-order valence-corrected chi connectivity index (χ1v) is 11.3. The molecular formula is C19H22Cl6N4O+2. The number of halogens is 6. The summed E-state index contributed by atoms with van der Waals surface area (Å²) in [4.78, 5) is 12.6. The van der Waals surface area contributed by atoms with Gasteiger partial charge in [-0.15, -0.1) is 0 Å². The summed E-state index contributed by atoms with van der Waals surface area (Å²) >= 11 is 36.3. The van der Waals surface area contributed by atoms with Crippen LogP contribution in [0.2, 0.25) is 0 Å². The van der Waals surface area contributed by atoms with Crippen molar-refractivity contribution in [2.75, 3.05) is 0 Å². The fourth-order valence-corrected chi connectivity index (χ4v) is 3.47. The molecule has 2 rings (SSSR count). The molecule has 5 nitrogen and oxygen atoms in total. The maximum absolute atomic E-state index is 12.6. The number of rotatable bonds is 8. The molecule has 6 N–H and O–H groups in total. The molecule has 2 aromatic carbocycles. The van der Waals surface area contributed by atoms with Crippen molar-refractivity contribution in [2.24, 2.45) is 0 Å². The summed E-state index contributed by atoms with van der Waals surface area (Å²) in [6.07, 6.45) is -1.74. The van der Waals surface area contributed by atoms with Crippen molar-refractivity contribution >= 4 is 75.6 Å². The van der Waals surface area contributed by atoms with Crippen molar-refractivity contribution in [3.8, 4) is 0 Å². The van der Waals surface area contributed by atoms with Gasteiger partial charge >= 0.3 is 6.03 Å². The van der Waals surface area contributed by atoms with E-state index < -0.39 is 25.9 Å². The van der Waals surface area contributed by atoms with Crippen molar-refractivity contribution in [1.82, 2.24) is 10.6 Å². The largest absolute Gasteiger partial charge is 0.324 e. The normalized spacial score (nSPS) is 14.1. The number of alkyl halides is 6. The molecule has 0 unspecified atom stereocenters. The number of carbonyl (C=O) groups is 1. The first kappa shape index (κ1) is 25.6. The van der Waals surface area contributed by atoms with Gasteiger partial charge in [0.1, 0.15) is 13.1 Å². The molecule has 164 valence electrons. The Hall–Kier alpha value is -0.630. The number of urea groups is 1. The van der Waals surface area contributed by atoms with Gasteiger partial charge in [0.25, 0.3) is 7.59 Å². The van der Waals surface area contributed by atoms with E-state index in [0.29, 0.717) is 13.1 Å². The number of hydrogen-bond donors (Lipinski definition) is 4. The third-order valence-electron chi connectivity index (χ3n) is 4.14. The molecule has 2 aromatic rings. The average molecular weight is 535 g/mol. The molecule has 30 heavy (non-hydrogen) atoms. The van der Waals surface area contributed by atoms with Crippen LogP contribution in [-0.2, 0) is 13.1 Å². The van der Waals surface area contributed by atoms with Crippen molar-refractivity contribution in [1.29, 1.82) is 0 Å². The highest BCUT2D eigenvalue weighted by molar-refractivity contribution is 6.68. The van der Waals surface area contributed by atoms with Crippen LogP contribution >= 0.6 is 69.6 Å². The minimum Gasteiger partial charge on any atom is -0.319 e. The van der Waals surface area contributed by atoms with Crippen LogP contribution in [0.15, 0.2) is 60.7 Å². The zero-order valence-corrected chi connectivity index (χ0v) is 20.2. The average Bonchev–Trinajstić information content (AvgIpc) is 2.68. The predicted molar refractivity (Wildman–Crippen MR) is 124 cm³/mol. The Morgan fingerprint density at radius 1 is 0.700 bits per heavy atom. The standard InChI is InChI=1S/C19H20Cl6N4O/c20-18(21,22)15(26-11-13-7-3-1-4-8-13)28-17(30)29-16(19(23,24)25)27-12-14-9-5-2-6-10-14/h1-10,15-16,26-27H,11-12H2,(H2,28,29,30)/p+2/t15-,16-/m1/s1. The van der Waals surface area contributed by atoms with Crippen LogP contribution in [0, 0.1) is 0 Å². The maximum atomic E-state index is 12.6. The molecule has 0 aliphatic heterocycles. The second-order valence-electron chi connectivity index (χ2n) is 6.51. The van der Waals surface area contributed by atoms with Crippen LogP contribution < -0.4 is 21.3 Å². The zero-order chi connectivity index (χ0) is 22.2. The molecule has 0 radical (unpaired) electrons. The van der Waals surface area contributed by atoms with E-state index in [1.807, 2.05) is 60.7 Å². The first-order valence-electron chi connectivity index (χ1n) is 9.00. The van der Waals surface area contributed by atoms with Crippen LogP contribution in [-0.4, -0.2) is 25.9 Å². The van der Waals surface area contributed by atoms with Crippen LogP contribution in [0.25, 0.3) is 0 Å². The highest BCUT2D eigenvalue weighted by atomic mass is 35.6. The van der Waals surface area contributed by atoms with Gasteiger partial charge in [0.15, 0.2) is 0 Å². The summed E-state index contributed by atoms with van der Waals surface area (Å²) in [5.41, 5.74) is 2.02. The van der Waals surface area contributed by atoms with Crippen molar-refractivity contribution < 1.29 is 15.4 Å². The summed E-state index contributed by atoms with van der Waals surface area (Å²) in [7, 11) is 0. The summed E-state index contributed by atoms with van der Waals surface area (Å²) in [5.74, 6) is 0. The molecular weight excluding hydrogens is 513 g/mol. The highest BCUT2D eigenvalue weighted by Crippen LogP contribution is 2.28. The Morgan fingerprint density at radius 2 is 1.03 bits per heavy atom. The summed E-state index contributed by atoms with van der Waals surface area (Å²) < 4.78 is -3.51. The Bertz CT molecular complexity index is 718. The molecule has 11 heteroatoms. The molecule has 0 aliphatic rings.